The highest BCUT2D eigenvalue weighted by atomic mass is 16.5. The Hall–Kier alpha value is -0.770. The minimum absolute atomic E-state index is 0.403. The number of hydrogen-bond donors (Lipinski definition) is 1. The first kappa shape index (κ1) is 6.91. The fourth-order valence-electron chi connectivity index (χ4n) is 1.81. The highest BCUT2D eigenvalue weighted by Gasteiger charge is 2.39. The van der Waals surface area contributed by atoms with Crippen LogP contribution in [0.25, 0.3) is 0 Å². The van der Waals surface area contributed by atoms with Gasteiger partial charge in [0.25, 0.3) is 0 Å². The molecule has 62 valence electrons. The zero-order valence-electron chi connectivity index (χ0n) is 6.66. The average Bonchev–Trinajstić information content (AvgIpc) is 2.62. The number of rotatable bonds is 0. The third kappa shape index (κ3) is 0.976. The molecule has 0 saturated carbocycles. The van der Waals surface area contributed by atoms with E-state index in [4.69, 9.17) is 10.5 Å². The minimum Gasteiger partial charge on any atom is -0.374 e. The van der Waals surface area contributed by atoms with Gasteiger partial charge in [0.2, 0.25) is 0 Å². The number of guanidine groups is 1. The van der Waals surface area contributed by atoms with Crippen molar-refractivity contribution in [3.63, 3.8) is 0 Å². The first-order valence-corrected chi connectivity index (χ1v) is 3.91. The molecule has 0 aromatic rings. The van der Waals surface area contributed by atoms with Crippen LogP contribution in [-0.4, -0.2) is 43.2 Å². The molecule has 2 rings (SSSR count). The molecular weight excluding hydrogens is 142 g/mol. The minimum atomic E-state index is 0.403. The third-order valence-corrected chi connectivity index (χ3v) is 2.42. The molecule has 2 saturated heterocycles. The fraction of sp³-hybridized carbons (Fsp3) is 0.857. The van der Waals surface area contributed by atoms with Crippen molar-refractivity contribution in [1.82, 2.24) is 4.90 Å². The Kier molecular flexibility index (Phi) is 1.49. The number of ether oxygens (including phenoxy) is 1. The van der Waals surface area contributed by atoms with Crippen LogP contribution in [-0.2, 0) is 4.74 Å². The number of aliphatic imine (C=N–C) groups is 1. The van der Waals surface area contributed by atoms with Crippen LogP contribution in [0.1, 0.15) is 6.42 Å². The second kappa shape index (κ2) is 2.37. The van der Waals surface area contributed by atoms with Gasteiger partial charge in [-0.15, -0.1) is 0 Å². The van der Waals surface area contributed by atoms with Gasteiger partial charge in [0.1, 0.15) is 0 Å². The Morgan fingerprint density at radius 3 is 3.00 bits per heavy atom. The summed E-state index contributed by atoms with van der Waals surface area (Å²) in [6, 6.07) is 0.490. The van der Waals surface area contributed by atoms with E-state index in [1.165, 1.54) is 0 Å². The maximum Gasteiger partial charge on any atom is 0.191 e. The number of hydrogen-bond acceptors (Lipinski definition) is 2. The molecular formula is C7H13N3O. The number of nitrogens with zero attached hydrogens (tertiary/aromatic N) is 2. The Bertz CT molecular complexity index is 192. The van der Waals surface area contributed by atoms with E-state index < -0.39 is 0 Å². The van der Waals surface area contributed by atoms with Gasteiger partial charge in [0.05, 0.1) is 18.8 Å². The molecule has 2 atom stereocenters. The Labute approximate surface area is 66.0 Å². The van der Waals surface area contributed by atoms with Crippen LogP contribution in [0.2, 0.25) is 0 Å². The summed E-state index contributed by atoms with van der Waals surface area (Å²) >= 11 is 0. The summed E-state index contributed by atoms with van der Waals surface area (Å²) < 4.78 is 5.42. The van der Waals surface area contributed by atoms with Gasteiger partial charge in [-0.3, -0.25) is 4.99 Å². The van der Waals surface area contributed by atoms with Crippen LogP contribution >= 0.6 is 0 Å². The van der Waals surface area contributed by atoms with Crippen molar-refractivity contribution in [1.29, 1.82) is 0 Å². The molecule has 0 radical (unpaired) electrons. The highest BCUT2D eigenvalue weighted by Crippen LogP contribution is 2.26. The number of nitrogens with two attached hydrogens (primary N) is 1. The first-order valence-electron chi connectivity index (χ1n) is 3.91. The van der Waals surface area contributed by atoms with Crippen LogP contribution in [0.4, 0.5) is 0 Å². The molecule has 4 nitrogen and oxygen atoms in total. The maximum atomic E-state index is 5.69. The lowest BCUT2D eigenvalue weighted by Crippen LogP contribution is -2.45. The molecule has 11 heavy (non-hydrogen) atoms. The van der Waals surface area contributed by atoms with Gasteiger partial charge in [-0.05, 0) is 6.42 Å². The van der Waals surface area contributed by atoms with E-state index >= 15 is 0 Å². The summed E-state index contributed by atoms with van der Waals surface area (Å²) in [6.07, 6.45) is 1.52. The molecule has 0 aromatic carbocycles. The summed E-state index contributed by atoms with van der Waals surface area (Å²) in [6.45, 7) is 1.74. The lowest BCUT2D eigenvalue weighted by atomic mass is 10.2. The van der Waals surface area contributed by atoms with Crippen LogP contribution < -0.4 is 5.73 Å². The van der Waals surface area contributed by atoms with Crippen LogP contribution in [0.5, 0.6) is 0 Å². The van der Waals surface area contributed by atoms with Crippen molar-refractivity contribution in [3.8, 4) is 0 Å². The summed E-state index contributed by atoms with van der Waals surface area (Å²) in [4.78, 5) is 6.09. The molecule has 2 fully saturated rings. The smallest absolute Gasteiger partial charge is 0.191 e. The SMILES string of the molecule is CN=C(N)N1CC2CC1CO2. The largest absolute Gasteiger partial charge is 0.374 e. The van der Waals surface area contributed by atoms with E-state index in [1.54, 1.807) is 7.05 Å². The molecule has 2 bridgehead atoms. The molecule has 0 spiro atoms. The Morgan fingerprint density at radius 2 is 2.55 bits per heavy atom. The summed E-state index contributed by atoms with van der Waals surface area (Å²) in [5, 5.41) is 0. The standard InChI is InChI=1S/C7H13N3O/c1-9-7(8)10-3-6-2-5(10)4-11-6/h5-6H,2-4H2,1H3,(H2,8,9). The van der Waals surface area contributed by atoms with Crippen molar-refractivity contribution < 1.29 is 4.74 Å². The van der Waals surface area contributed by atoms with Crippen molar-refractivity contribution in [2.45, 2.75) is 18.6 Å². The van der Waals surface area contributed by atoms with Gasteiger partial charge >= 0.3 is 0 Å². The summed E-state index contributed by atoms with van der Waals surface area (Å²) in [5.74, 6) is 0.654. The third-order valence-electron chi connectivity index (χ3n) is 2.42. The van der Waals surface area contributed by atoms with E-state index in [1.807, 2.05) is 0 Å². The molecule has 2 aliphatic heterocycles. The van der Waals surface area contributed by atoms with Crippen LogP contribution in [0.15, 0.2) is 4.99 Å². The van der Waals surface area contributed by atoms with E-state index in [9.17, 15) is 0 Å². The average molecular weight is 155 g/mol. The molecule has 0 aromatic heterocycles. The van der Waals surface area contributed by atoms with E-state index in [-0.39, 0.29) is 0 Å². The van der Waals surface area contributed by atoms with E-state index in [0.29, 0.717) is 18.1 Å². The quantitative estimate of drug-likeness (QED) is 0.375. The fourth-order valence-corrected chi connectivity index (χ4v) is 1.81. The number of likely N-dealkylation sites (tertiary alicyclic amines) is 1. The second-order valence-corrected chi connectivity index (χ2v) is 3.08. The molecule has 2 unspecified atom stereocenters. The summed E-state index contributed by atoms with van der Waals surface area (Å²) in [5.41, 5.74) is 5.69. The Morgan fingerprint density at radius 1 is 1.73 bits per heavy atom. The first-order chi connectivity index (χ1) is 5.31. The van der Waals surface area contributed by atoms with Gasteiger partial charge in [-0.1, -0.05) is 0 Å². The van der Waals surface area contributed by atoms with Gasteiger partial charge in [0, 0.05) is 13.6 Å². The monoisotopic (exact) mass is 155 g/mol. The predicted molar refractivity (Wildman–Crippen MR) is 42.4 cm³/mol. The van der Waals surface area contributed by atoms with Gasteiger partial charge in [-0.25, -0.2) is 0 Å². The molecule has 4 heteroatoms. The highest BCUT2D eigenvalue weighted by molar-refractivity contribution is 5.78. The number of morpholine rings is 1. The van der Waals surface area contributed by atoms with E-state index in [2.05, 4.69) is 9.89 Å². The molecule has 0 aliphatic carbocycles. The van der Waals surface area contributed by atoms with Crippen molar-refractivity contribution >= 4 is 5.96 Å². The Balaban J connectivity index is 2.08. The van der Waals surface area contributed by atoms with Crippen molar-refractivity contribution in [2.24, 2.45) is 10.7 Å². The molecule has 0 amide bonds. The van der Waals surface area contributed by atoms with Gasteiger partial charge < -0.3 is 15.4 Å². The van der Waals surface area contributed by atoms with Gasteiger partial charge in [-0.2, -0.15) is 0 Å². The zero-order chi connectivity index (χ0) is 7.84. The lowest BCUT2D eigenvalue weighted by Gasteiger charge is -2.27. The second-order valence-electron chi connectivity index (χ2n) is 3.08. The number of fused-ring (bicyclic) bond motifs is 2. The topological polar surface area (TPSA) is 50.8 Å². The predicted octanol–water partition coefficient (Wildman–Crippen LogP) is -0.596. The van der Waals surface area contributed by atoms with Gasteiger partial charge in [0.15, 0.2) is 5.96 Å². The summed E-state index contributed by atoms with van der Waals surface area (Å²) in [7, 11) is 1.72. The van der Waals surface area contributed by atoms with E-state index in [0.717, 1.165) is 19.6 Å². The molecule has 2 heterocycles. The lowest BCUT2D eigenvalue weighted by molar-refractivity contribution is 0.0562. The van der Waals surface area contributed by atoms with Crippen LogP contribution in [0, 0.1) is 0 Å². The van der Waals surface area contributed by atoms with Crippen molar-refractivity contribution in [2.75, 3.05) is 20.2 Å². The zero-order valence-corrected chi connectivity index (χ0v) is 6.66. The van der Waals surface area contributed by atoms with Crippen LogP contribution in [0.3, 0.4) is 0 Å². The maximum absolute atomic E-state index is 5.69. The normalized spacial score (nSPS) is 36.8. The van der Waals surface area contributed by atoms with Crippen molar-refractivity contribution in [3.05, 3.63) is 0 Å². The molecule has 2 aliphatic rings. The molecule has 2 N–H and O–H groups in total.